The standard InChI is InChI=1S/C59H61N5O14/c1-4-27-75-59-54(63(57(67)40-16-11-37(33-60)12-17-40)34-39-15-23-51-53(28-39)74-36-73-51)32-49(62-76-35-38-13-18-42(19-14-38)64(69)70)46-29-41(9-5-7-25-65)45(10-6-8-26-66)55(56(46)59)47-30-44(21-24-50(47)78-59)77-58(68)61-48-22-20-43(71-2)31-52(48)72-3/h4,11-24,28-31,41,45,54-56,65-66H,1,5-10,25-27,32,34-36H2,2-3H3,(H,61,68)/t41-,45+,54-,55+,56+,59+/m0/s1. The molecule has 5 aromatic carbocycles. The Hall–Kier alpha value is -8.44. The van der Waals surface area contributed by atoms with Gasteiger partial charge in [-0.25, -0.2) is 4.79 Å². The fourth-order valence-electron chi connectivity index (χ4n) is 11.2. The molecule has 3 N–H and O–H groups in total. The average molecular weight is 1060 g/mol. The van der Waals surface area contributed by atoms with E-state index in [0.29, 0.717) is 101 Å². The van der Waals surface area contributed by atoms with Gasteiger partial charge in [0.05, 0.1) is 54.7 Å². The molecule has 6 atom stereocenters. The average Bonchev–Trinajstić information content (AvgIpc) is 3.04. The lowest BCUT2D eigenvalue weighted by atomic mass is 9.55. The lowest BCUT2D eigenvalue weighted by Crippen LogP contribution is -2.70. The van der Waals surface area contributed by atoms with Gasteiger partial charge in [-0.3, -0.25) is 20.2 Å². The SMILES string of the molecule is C=CCO[C@@]12Oc3ccc(OC(=O)Nc4ccc(OC)cc4OC)cc3[C@H]3[C@H](CCCCO)[C@@H](CCCCO)C=C(C(=NOCc4ccc([N+](=O)[O-])cc4)C[C@@H]1N(Cc1ccc4c(c1)OCO4)C(=O)c1ccc(C#N)cc1)[C@H]32. The van der Waals surface area contributed by atoms with Gasteiger partial charge in [-0.1, -0.05) is 36.2 Å². The van der Waals surface area contributed by atoms with E-state index < -0.39 is 40.6 Å². The summed E-state index contributed by atoms with van der Waals surface area (Å²) in [5.41, 5.74) is 4.19. The number of benzene rings is 5. The first-order chi connectivity index (χ1) is 38.0. The molecule has 2 heterocycles. The van der Waals surface area contributed by atoms with Crippen LogP contribution in [-0.4, -0.2) is 90.4 Å². The van der Waals surface area contributed by atoms with E-state index in [9.17, 15) is 30.4 Å². The van der Waals surface area contributed by atoms with Crippen molar-refractivity contribution in [3.63, 3.8) is 0 Å². The number of hydrogen-bond donors (Lipinski definition) is 3. The number of methoxy groups -OCH3 is 2. The van der Waals surface area contributed by atoms with E-state index in [0.717, 1.165) is 5.57 Å². The molecule has 5 aromatic rings. The number of carbonyl (C=O) groups is 2. The number of aliphatic hydroxyl groups excluding tert-OH is 2. The van der Waals surface area contributed by atoms with Gasteiger partial charge in [-0.05, 0) is 133 Å². The van der Waals surface area contributed by atoms with Crippen LogP contribution in [0.5, 0.6) is 34.5 Å². The molecule has 1 saturated carbocycles. The van der Waals surface area contributed by atoms with Crippen molar-refractivity contribution in [2.45, 2.75) is 75.8 Å². The Morgan fingerprint density at radius 2 is 1.63 bits per heavy atom. The third kappa shape index (κ3) is 11.6. The number of aliphatic hydroxyl groups is 2. The van der Waals surface area contributed by atoms with Crippen LogP contribution >= 0.6 is 0 Å². The predicted octanol–water partition coefficient (Wildman–Crippen LogP) is 10.00. The van der Waals surface area contributed by atoms with Gasteiger partial charge in [0.1, 0.15) is 35.6 Å². The maximum absolute atomic E-state index is 15.6. The number of carbonyl (C=O) groups excluding carboxylic acids is 2. The molecular weight excluding hydrogens is 1000 g/mol. The van der Waals surface area contributed by atoms with E-state index in [1.165, 1.54) is 26.4 Å². The molecule has 9 rings (SSSR count). The minimum atomic E-state index is -1.69. The van der Waals surface area contributed by atoms with Crippen molar-refractivity contribution in [1.82, 2.24) is 4.90 Å². The number of amides is 2. The van der Waals surface area contributed by atoms with Gasteiger partial charge < -0.3 is 53.1 Å². The molecule has 4 aliphatic rings. The van der Waals surface area contributed by atoms with Crippen LogP contribution in [-0.2, 0) is 22.7 Å². The fourth-order valence-corrected chi connectivity index (χ4v) is 11.2. The second-order valence-corrected chi connectivity index (χ2v) is 19.4. The van der Waals surface area contributed by atoms with Gasteiger partial charge in [-0.15, -0.1) is 6.58 Å². The van der Waals surface area contributed by atoms with E-state index in [2.05, 4.69) is 24.0 Å². The zero-order chi connectivity index (χ0) is 54.8. The van der Waals surface area contributed by atoms with Crippen molar-refractivity contribution >= 4 is 29.1 Å². The maximum atomic E-state index is 15.6. The number of ether oxygens (including phenoxy) is 7. The minimum Gasteiger partial charge on any atom is -0.497 e. The molecular formula is C59H61N5O14. The number of rotatable bonds is 23. The van der Waals surface area contributed by atoms with Crippen molar-refractivity contribution in [2.24, 2.45) is 22.9 Å². The first-order valence-corrected chi connectivity index (χ1v) is 25.9. The molecule has 19 nitrogen and oxygen atoms in total. The summed E-state index contributed by atoms with van der Waals surface area (Å²) in [5, 5.41) is 49.2. The second kappa shape index (κ2) is 24.7. The highest BCUT2D eigenvalue weighted by Crippen LogP contribution is 2.62. The number of nitrogens with zero attached hydrogens (tertiary/aromatic N) is 4. The summed E-state index contributed by atoms with van der Waals surface area (Å²) in [6.45, 7) is 4.01. The fraction of sp³-hybridized carbons (Fsp3) is 0.356. The van der Waals surface area contributed by atoms with Gasteiger partial charge in [0, 0.05) is 61.4 Å². The highest BCUT2D eigenvalue weighted by molar-refractivity contribution is 6.03. The number of nitro benzene ring substituents is 1. The van der Waals surface area contributed by atoms with Crippen molar-refractivity contribution in [3.8, 4) is 40.6 Å². The van der Waals surface area contributed by atoms with E-state index in [-0.39, 0.29) is 75.0 Å². The van der Waals surface area contributed by atoms with Crippen LogP contribution in [0, 0.1) is 39.2 Å². The second-order valence-electron chi connectivity index (χ2n) is 19.4. The Morgan fingerprint density at radius 3 is 2.35 bits per heavy atom. The Balaban J connectivity index is 1.23. The summed E-state index contributed by atoms with van der Waals surface area (Å²) in [7, 11) is 3.00. The first-order valence-electron chi connectivity index (χ1n) is 25.9. The zero-order valence-electron chi connectivity index (χ0n) is 43.3. The normalized spacial score (nSPS) is 20.9. The molecule has 0 aromatic heterocycles. The quantitative estimate of drug-likeness (QED) is 0.0238. The van der Waals surface area contributed by atoms with Crippen LogP contribution in [0.25, 0.3) is 0 Å². The third-order valence-corrected chi connectivity index (χ3v) is 14.7. The molecule has 78 heavy (non-hydrogen) atoms. The topological polar surface area (TPSA) is 243 Å². The number of hydrogen-bond acceptors (Lipinski definition) is 16. The molecule has 1 fully saturated rings. The van der Waals surface area contributed by atoms with Crippen molar-refractivity contribution in [3.05, 3.63) is 165 Å². The minimum absolute atomic E-state index is 0.00219. The number of anilines is 1. The Labute approximate surface area is 451 Å². The largest absolute Gasteiger partial charge is 0.497 e. The molecule has 406 valence electrons. The van der Waals surface area contributed by atoms with Crippen LogP contribution in [0.1, 0.15) is 83.5 Å². The van der Waals surface area contributed by atoms with E-state index >= 15 is 4.79 Å². The number of nitro groups is 1. The number of unbranched alkanes of at least 4 members (excludes halogenated alkanes) is 2. The molecule has 19 heteroatoms. The molecule has 2 amide bonds. The number of nitrogens with one attached hydrogen (secondary N) is 1. The number of allylic oxidation sites excluding steroid dienone is 1. The first kappa shape index (κ1) is 54.4. The molecule has 2 aliphatic heterocycles. The summed E-state index contributed by atoms with van der Waals surface area (Å²) in [4.78, 5) is 48.4. The van der Waals surface area contributed by atoms with Crippen molar-refractivity contribution < 1.29 is 62.7 Å². The van der Waals surface area contributed by atoms with Crippen LogP contribution < -0.4 is 33.7 Å². The van der Waals surface area contributed by atoms with Gasteiger partial charge >= 0.3 is 6.09 Å². The van der Waals surface area contributed by atoms with E-state index in [1.807, 2.05) is 12.1 Å². The van der Waals surface area contributed by atoms with E-state index in [4.69, 9.17) is 43.2 Å². The zero-order valence-corrected chi connectivity index (χ0v) is 43.3. The van der Waals surface area contributed by atoms with Gasteiger partial charge in [-0.2, -0.15) is 5.26 Å². The lowest BCUT2D eigenvalue weighted by Gasteiger charge is -2.60. The van der Waals surface area contributed by atoms with Crippen LogP contribution in [0.4, 0.5) is 16.2 Å². The predicted molar refractivity (Wildman–Crippen MR) is 286 cm³/mol. The van der Waals surface area contributed by atoms with Gasteiger partial charge in [0.25, 0.3) is 11.6 Å². The van der Waals surface area contributed by atoms with Crippen LogP contribution in [0.2, 0.25) is 0 Å². The molecule has 2 aliphatic carbocycles. The number of oxime groups is 1. The third-order valence-electron chi connectivity index (χ3n) is 14.7. The number of non-ortho nitro benzene ring substituents is 1. The van der Waals surface area contributed by atoms with E-state index in [1.54, 1.807) is 89.8 Å². The smallest absolute Gasteiger partial charge is 0.417 e. The summed E-state index contributed by atoms with van der Waals surface area (Å²) >= 11 is 0. The maximum Gasteiger partial charge on any atom is 0.417 e. The van der Waals surface area contributed by atoms with Crippen molar-refractivity contribution in [2.75, 3.05) is 46.1 Å². The summed E-state index contributed by atoms with van der Waals surface area (Å²) in [6, 6.07) is 29.1. The summed E-state index contributed by atoms with van der Waals surface area (Å²) in [5.74, 6) is -1.08. The number of nitriles is 1. The number of fused-ring (bicyclic) bond motifs is 3. The molecule has 0 radical (unpaired) electrons. The highest BCUT2D eigenvalue weighted by atomic mass is 16.7. The Bertz CT molecular complexity index is 3100. The Kier molecular flexibility index (Phi) is 17.2. The molecule has 0 spiro atoms. The van der Waals surface area contributed by atoms with Crippen LogP contribution in [0.15, 0.2) is 133 Å². The van der Waals surface area contributed by atoms with Crippen LogP contribution in [0.3, 0.4) is 0 Å². The lowest BCUT2D eigenvalue weighted by molar-refractivity contribution is -0.384. The van der Waals surface area contributed by atoms with Gasteiger partial charge in [0.15, 0.2) is 11.5 Å². The molecule has 0 bridgehead atoms. The van der Waals surface area contributed by atoms with Crippen molar-refractivity contribution in [1.29, 1.82) is 5.26 Å². The molecule has 0 saturated heterocycles. The van der Waals surface area contributed by atoms with Gasteiger partial charge in [0.2, 0.25) is 12.6 Å². The molecule has 0 unspecified atom stereocenters. The Morgan fingerprint density at radius 1 is 0.897 bits per heavy atom. The summed E-state index contributed by atoms with van der Waals surface area (Å²) < 4.78 is 43.1. The monoisotopic (exact) mass is 1060 g/mol. The summed E-state index contributed by atoms with van der Waals surface area (Å²) in [6.07, 6.45) is 6.80. The highest BCUT2D eigenvalue weighted by Gasteiger charge is 2.65.